The number of nitrogen functional groups attached to an aromatic ring is 1. The second-order valence-corrected chi connectivity index (χ2v) is 27.1. The van der Waals surface area contributed by atoms with Crippen LogP contribution in [0.2, 0.25) is 0 Å². The SMILES string of the molecule is CC(C)(C)OC(=O)N1[C@H](C=O)[C@@H]2OC(C)(C)OC2[C@@H]1CC#N.CC(C)(C)OC(=O)N1[C@H](CO)[C@@H]2OC(C)(C)OC2[C@@H]1CC#N.CCC[C@@H]1[C@@H]2OC(C)(C)OC2[C@H](CC#N)N1C(=O)OC(C)(C)C.CCC[C@H]1N[C@@H](c2c[nH]c3c(N)ncnc23)C(O)[C@H]1O. The average molecular weight is 1220 g/mol. The van der Waals surface area contributed by atoms with Gasteiger partial charge in [-0.05, 0) is 117 Å². The van der Waals surface area contributed by atoms with E-state index in [1.807, 2.05) is 47.6 Å². The van der Waals surface area contributed by atoms with E-state index in [9.17, 15) is 39.8 Å². The van der Waals surface area contributed by atoms with E-state index < -0.39 is 113 Å². The molecule has 0 saturated carbocycles. The van der Waals surface area contributed by atoms with Crippen molar-refractivity contribution in [2.24, 2.45) is 0 Å². The van der Waals surface area contributed by atoms with Crippen molar-refractivity contribution in [1.82, 2.24) is 35.0 Å². The van der Waals surface area contributed by atoms with Crippen molar-refractivity contribution in [1.29, 1.82) is 15.8 Å². The van der Waals surface area contributed by atoms with Gasteiger partial charge in [-0.3, -0.25) is 14.7 Å². The molecule has 27 nitrogen and oxygen atoms in total. The van der Waals surface area contributed by atoms with Gasteiger partial charge in [0.05, 0.1) is 91.9 Å². The third-order valence-electron chi connectivity index (χ3n) is 15.4. The highest BCUT2D eigenvalue weighted by Gasteiger charge is 2.62. The Labute approximate surface area is 510 Å². The van der Waals surface area contributed by atoms with Crippen molar-refractivity contribution in [3.05, 3.63) is 18.1 Å². The first-order valence-corrected chi connectivity index (χ1v) is 29.9. The maximum Gasteiger partial charge on any atom is 0.411 e. The summed E-state index contributed by atoms with van der Waals surface area (Å²) >= 11 is 0. The summed E-state index contributed by atoms with van der Waals surface area (Å²) in [5, 5.41) is 60.7. The number of ether oxygens (including phenoxy) is 9. The van der Waals surface area contributed by atoms with Crippen LogP contribution in [0, 0.1) is 34.0 Å². The number of nitrogens with one attached hydrogen (secondary N) is 2. The standard InChI is InChI=1S/C17H28N2O4.C15H24N2O5.C15H22N2O5.C13H19N5O2/c1-7-8-11-13-14(22-17(5,6)21-13)12(9-10-18)19(11)15(20)23-16(2,3)4;2*1-14(2,3)22-13(19)17-9(6-7-16)11-12(10(17)8-18)21-15(4,5)20-11;1-2-3-7-11(19)12(20)9(18-7)6-4-15-10-8(6)16-5-17-13(10)14/h11-14H,7-9H2,1-6H3;9-12,18H,6,8H2,1-5H3;8-12H,6H2,1-5H3;4-5,7,9,11-12,15,18-20H,2-3H2,1H3,(H2,14,16,17)/t11-,12+,13+,14?;2*9-,10+,11?,12-;7-,9+,11+,12?/m1001/s1. The molecule has 2 aromatic heterocycles. The predicted octanol–water partition coefficient (Wildman–Crippen LogP) is 6.29. The first-order chi connectivity index (χ1) is 40.4. The molecule has 7 aliphatic rings. The lowest BCUT2D eigenvalue weighted by atomic mass is 10.0. The third kappa shape index (κ3) is 16.2. The fourth-order valence-electron chi connectivity index (χ4n) is 12.4. The monoisotopic (exact) mass is 1220 g/mol. The molecule has 4 unspecified atom stereocenters. The largest absolute Gasteiger partial charge is 0.444 e. The Bertz CT molecular complexity index is 2850. The van der Waals surface area contributed by atoms with Crippen LogP contribution in [0.5, 0.6) is 0 Å². The number of fused-ring (bicyclic) bond motifs is 4. The summed E-state index contributed by atoms with van der Waals surface area (Å²) < 4.78 is 51.6. The molecule has 7 saturated heterocycles. The molecule has 484 valence electrons. The Morgan fingerprint density at radius 2 is 1.02 bits per heavy atom. The van der Waals surface area contributed by atoms with E-state index in [-0.39, 0.29) is 62.2 Å². The minimum absolute atomic E-state index is 0.0458. The Balaban J connectivity index is 0.000000185. The van der Waals surface area contributed by atoms with Crippen molar-refractivity contribution in [2.75, 3.05) is 12.3 Å². The number of nitrogens with two attached hydrogens (primary N) is 1. The first kappa shape index (κ1) is 70.1. The Morgan fingerprint density at radius 1 is 0.632 bits per heavy atom. The van der Waals surface area contributed by atoms with Gasteiger partial charge in [0.1, 0.15) is 83.7 Å². The summed E-state index contributed by atoms with van der Waals surface area (Å²) in [7, 11) is 0. The van der Waals surface area contributed by atoms with E-state index in [1.54, 1.807) is 80.3 Å². The van der Waals surface area contributed by atoms with Crippen molar-refractivity contribution in [2.45, 2.75) is 294 Å². The molecule has 9 rings (SSSR count). The number of rotatable bonds is 10. The third-order valence-corrected chi connectivity index (χ3v) is 15.4. The molecular weight excluding hydrogens is 1130 g/mol. The van der Waals surface area contributed by atoms with Gasteiger partial charge in [-0.2, -0.15) is 15.8 Å². The van der Waals surface area contributed by atoms with Crippen molar-refractivity contribution < 1.29 is 77.1 Å². The maximum atomic E-state index is 12.7. The number of carbonyl (C=O) groups excluding carboxylic acids is 4. The van der Waals surface area contributed by atoms with E-state index in [1.165, 1.54) is 16.1 Å². The Morgan fingerprint density at radius 3 is 1.44 bits per heavy atom. The van der Waals surface area contributed by atoms with Gasteiger partial charge in [0, 0.05) is 17.8 Å². The second kappa shape index (κ2) is 27.4. The lowest BCUT2D eigenvalue weighted by molar-refractivity contribution is -0.168. The molecule has 7 fully saturated rings. The van der Waals surface area contributed by atoms with Gasteiger partial charge in [-0.1, -0.05) is 26.7 Å². The predicted molar refractivity (Wildman–Crippen MR) is 312 cm³/mol. The zero-order valence-corrected chi connectivity index (χ0v) is 53.4. The number of hydrogen-bond donors (Lipinski definition) is 6. The zero-order chi connectivity index (χ0) is 65.1. The van der Waals surface area contributed by atoms with Crippen LogP contribution < -0.4 is 11.1 Å². The molecule has 7 aliphatic heterocycles. The van der Waals surface area contributed by atoms with Gasteiger partial charge < -0.3 is 78.8 Å². The number of aromatic amines is 1. The van der Waals surface area contributed by atoms with Crippen LogP contribution in [0.1, 0.15) is 174 Å². The van der Waals surface area contributed by atoms with Gasteiger partial charge >= 0.3 is 18.3 Å². The topological polar surface area (TPSA) is 373 Å². The van der Waals surface area contributed by atoms with Crippen LogP contribution >= 0.6 is 0 Å². The highest BCUT2D eigenvalue weighted by Crippen LogP contribution is 2.46. The summed E-state index contributed by atoms with van der Waals surface area (Å²) in [5.41, 5.74) is 6.00. The summed E-state index contributed by atoms with van der Waals surface area (Å²) in [6, 6.07) is 2.90. The summed E-state index contributed by atoms with van der Waals surface area (Å²) in [4.78, 5) is 64.7. The second-order valence-electron chi connectivity index (χ2n) is 27.1. The minimum atomic E-state index is -0.860. The van der Waals surface area contributed by atoms with Crippen LogP contribution in [0.25, 0.3) is 11.0 Å². The molecule has 27 heteroatoms. The van der Waals surface area contributed by atoms with Crippen molar-refractivity contribution >= 4 is 41.4 Å². The molecule has 0 aliphatic carbocycles. The fourth-order valence-corrected chi connectivity index (χ4v) is 12.4. The van der Waals surface area contributed by atoms with Crippen LogP contribution in [-0.4, -0.2) is 201 Å². The molecule has 2 aromatic rings. The van der Waals surface area contributed by atoms with Gasteiger partial charge in [-0.15, -0.1) is 0 Å². The number of nitriles is 3. The first-order valence-electron chi connectivity index (χ1n) is 29.9. The van der Waals surface area contributed by atoms with Gasteiger partial charge in [0.2, 0.25) is 0 Å². The molecule has 0 aromatic carbocycles. The van der Waals surface area contributed by atoms with Crippen LogP contribution in [-0.2, 0) is 47.4 Å². The molecule has 0 radical (unpaired) electrons. The number of carbonyl (C=O) groups is 4. The average Bonchev–Trinajstić information content (AvgIpc) is 1.64. The molecule has 16 atom stereocenters. The molecule has 87 heavy (non-hydrogen) atoms. The number of H-pyrrole nitrogens is 1. The number of aliphatic hydroxyl groups is 3. The number of hydrogen-bond acceptors (Lipinski definition) is 23. The van der Waals surface area contributed by atoms with Gasteiger partial charge in [0.15, 0.2) is 23.2 Å². The Kier molecular flexibility index (Phi) is 22.0. The highest BCUT2D eigenvalue weighted by atomic mass is 16.8. The van der Waals surface area contributed by atoms with E-state index in [4.69, 9.17) is 58.9 Å². The molecule has 7 N–H and O–H groups in total. The molecule has 0 spiro atoms. The minimum Gasteiger partial charge on any atom is -0.444 e. The van der Waals surface area contributed by atoms with E-state index in [0.29, 0.717) is 23.1 Å². The van der Waals surface area contributed by atoms with Crippen molar-refractivity contribution in [3.63, 3.8) is 0 Å². The maximum absolute atomic E-state index is 12.7. The van der Waals surface area contributed by atoms with Gasteiger partial charge in [-0.25, -0.2) is 24.4 Å². The van der Waals surface area contributed by atoms with Crippen LogP contribution in [0.3, 0.4) is 0 Å². The van der Waals surface area contributed by atoms with Gasteiger partial charge in [0.25, 0.3) is 0 Å². The summed E-state index contributed by atoms with van der Waals surface area (Å²) in [5.74, 6) is -1.95. The van der Waals surface area contributed by atoms with E-state index in [2.05, 4.69) is 39.3 Å². The van der Waals surface area contributed by atoms with Crippen LogP contribution in [0.4, 0.5) is 20.2 Å². The zero-order valence-electron chi connectivity index (χ0n) is 53.4. The van der Waals surface area contributed by atoms with Crippen LogP contribution in [0.15, 0.2) is 12.5 Å². The molecule has 9 heterocycles. The number of anilines is 1. The normalized spacial score (nSPS) is 32.4. The fraction of sp³-hybridized carbons (Fsp3) is 0.783. The smallest absolute Gasteiger partial charge is 0.411 e. The number of aromatic nitrogens is 3. The molecule has 3 amide bonds. The Hall–Kier alpha value is -6.03. The highest BCUT2D eigenvalue weighted by molar-refractivity contribution is 5.87. The van der Waals surface area contributed by atoms with E-state index >= 15 is 0 Å². The number of aliphatic hydroxyl groups excluding tert-OH is 3. The van der Waals surface area contributed by atoms with E-state index in [0.717, 1.165) is 31.2 Å². The number of aldehydes is 1. The number of nitrogens with zero attached hydrogens (tertiary/aromatic N) is 8. The van der Waals surface area contributed by atoms with Crippen molar-refractivity contribution in [3.8, 4) is 18.2 Å². The summed E-state index contributed by atoms with van der Waals surface area (Å²) in [6.07, 6.45) is 1.89. The number of likely N-dealkylation sites (tertiary alicyclic amines) is 3. The lowest BCUT2D eigenvalue weighted by Crippen LogP contribution is -2.49. The molecule has 0 bridgehead atoms. The molecular formula is C60H93N11O16. The number of amides is 3. The summed E-state index contributed by atoms with van der Waals surface area (Å²) in [6.45, 7) is 30.7. The quantitative estimate of drug-likeness (QED) is 0.112. The lowest BCUT2D eigenvalue weighted by Gasteiger charge is -2.34.